The number of phenols is 1. The molecule has 9 heteroatoms. The van der Waals surface area contributed by atoms with Crippen molar-refractivity contribution in [3.05, 3.63) is 105 Å². The summed E-state index contributed by atoms with van der Waals surface area (Å²) < 4.78 is 5.13. The highest BCUT2D eigenvalue weighted by Gasteiger charge is 2.24. The van der Waals surface area contributed by atoms with Gasteiger partial charge in [0.2, 0.25) is 0 Å². The molecule has 166 valence electrons. The van der Waals surface area contributed by atoms with E-state index in [1.165, 1.54) is 37.6 Å². The molecule has 0 aliphatic heterocycles. The second kappa shape index (κ2) is 9.13. The summed E-state index contributed by atoms with van der Waals surface area (Å²) in [6.07, 6.45) is 1.53. The first-order chi connectivity index (χ1) is 15.9. The molecule has 0 saturated heterocycles. The van der Waals surface area contributed by atoms with Crippen LogP contribution in [0.25, 0.3) is 10.9 Å². The fourth-order valence-electron chi connectivity index (χ4n) is 3.51. The lowest BCUT2D eigenvalue weighted by Gasteiger charge is -2.22. The van der Waals surface area contributed by atoms with Gasteiger partial charge in [-0.05, 0) is 60.2 Å². The Hall–Kier alpha value is -4.17. The molecule has 0 spiro atoms. The molecular weight excluding hydrogens is 446 g/mol. The van der Waals surface area contributed by atoms with E-state index >= 15 is 0 Å². The summed E-state index contributed by atoms with van der Waals surface area (Å²) in [5, 5.41) is 25.9. The number of aromatic nitrogens is 1. The van der Waals surface area contributed by atoms with Gasteiger partial charge in [0.1, 0.15) is 17.0 Å². The number of non-ortho nitro benzene ring substituents is 1. The van der Waals surface area contributed by atoms with Crippen molar-refractivity contribution in [3.8, 4) is 11.5 Å². The number of nitrogens with one attached hydrogen (secondary N) is 1. The first-order valence-electron chi connectivity index (χ1n) is 9.84. The topological polar surface area (TPSA) is 115 Å². The molecule has 8 nitrogen and oxygen atoms in total. The fourth-order valence-corrected chi connectivity index (χ4v) is 3.78. The van der Waals surface area contributed by atoms with Crippen LogP contribution in [0.5, 0.6) is 11.5 Å². The number of nitrogens with zero attached hydrogens (tertiary/aromatic N) is 2. The van der Waals surface area contributed by atoms with Crippen LogP contribution in [0.1, 0.15) is 27.5 Å². The molecule has 0 radical (unpaired) electrons. The number of nitro groups is 1. The predicted octanol–water partition coefficient (Wildman–Crippen LogP) is 5.03. The van der Waals surface area contributed by atoms with Crippen LogP contribution in [0, 0.1) is 10.1 Å². The van der Waals surface area contributed by atoms with Gasteiger partial charge in [-0.25, -0.2) is 0 Å². The van der Waals surface area contributed by atoms with E-state index in [-0.39, 0.29) is 17.0 Å². The number of halogens is 1. The highest BCUT2D eigenvalue weighted by molar-refractivity contribution is 6.35. The third-order valence-corrected chi connectivity index (χ3v) is 5.53. The summed E-state index contributed by atoms with van der Waals surface area (Å²) in [6.45, 7) is 0. The molecule has 0 aliphatic rings. The molecule has 4 rings (SSSR count). The van der Waals surface area contributed by atoms with Gasteiger partial charge in [0, 0.05) is 34.8 Å². The monoisotopic (exact) mass is 463 g/mol. The molecule has 0 unspecified atom stereocenters. The van der Waals surface area contributed by atoms with Gasteiger partial charge < -0.3 is 15.2 Å². The molecule has 3 aromatic carbocycles. The van der Waals surface area contributed by atoms with Gasteiger partial charge in [0.25, 0.3) is 11.6 Å². The van der Waals surface area contributed by atoms with Gasteiger partial charge >= 0.3 is 0 Å². The number of rotatable bonds is 6. The Balaban J connectivity index is 1.80. The van der Waals surface area contributed by atoms with Crippen molar-refractivity contribution in [3.63, 3.8) is 0 Å². The molecule has 4 aromatic rings. The van der Waals surface area contributed by atoms with Crippen molar-refractivity contribution in [1.29, 1.82) is 0 Å². The lowest BCUT2D eigenvalue weighted by Crippen LogP contribution is -2.29. The number of nitro benzene ring substituents is 1. The van der Waals surface area contributed by atoms with E-state index in [1.54, 1.807) is 42.5 Å². The number of ether oxygens (including phenoxy) is 1. The second-order valence-electron chi connectivity index (χ2n) is 7.18. The van der Waals surface area contributed by atoms with Gasteiger partial charge in [-0.3, -0.25) is 19.9 Å². The third kappa shape index (κ3) is 4.42. The van der Waals surface area contributed by atoms with Gasteiger partial charge in [-0.15, -0.1) is 0 Å². The van der Waals surface area contributed by atoms with Crippen LogP contribution in [0.3, 0.4) is 0 Å². The van der Waals surface area contributed by atoms with E-state index in [0.29, 0.717) is 32.8 Å². The van der Waals surface area contributed by atoms with Crippen molar-refractivity contribution in [1.82, 2.24) is 10.3 Å². The average Bonchev–Trinajstić information content (AvgIpc) is 2.85. The first-order valence-corrected chi connectivity index (χ1v) is 10.2. The Kier molecular flexibility index (Phi) is 6.10. The minimum absolute atomic E-state index is 0.0959. The highest BCUT2D eigenvalue weighted by Crippen LogP contribution is 2.38. The summed E-state index contributed by atoms with van der Waals surface area (Å²) in [4.78, 5) is 27.8. The quantitative estimate of drug-likeness (QED) is 0.306. The van der Waals surface area contributed by atoms with E-state index in [0.717, 1.165) is 0 Å². The normalized spacial score (nSPS) is 11.7. The number of hydrogen-bond acceptors (Lipinski definition) is 6. The van der Waals surface area contributed by atoms with Crippen LogP contribution in [-0.2, 0) is 0 Å². The number of pyridine rings is 1. The molecule has 0 bridgehead atoms. The maximum atomic E-state index is 13.0. The lowest BCUT2D eigenvalue weighted by atomic mass is 9.95. The molecule has 1 atom stereocenters. The molecule has 1 aromatic heterocycles. The van der Waals surface area contributed by atoms with Gasteiger partial charge in [-0.2, -0.15) is 0 Å². The number of amides is 1. The largest absolute Gasteiger partial charge is 0.505 e. The molecule has 0 saturated carbocycles. The summed E-state index contributed by atoms with van der Waals surface area (Å²) >= 11 is 6.45. The van der Waals surface area contributed by atoms with Crippen molar-refractivity contribution >= 4 is 34.1 Å². The molecule has 0 fully saturated rings. The van der Waals surface area contributed by atoms with Crippen LogP contribution in [0.4, 0.5) is 5.69 Å². The molecule has 1 amide bonds. The standard InChI is InChI=1S/C24H18ClN3O5/c1-33-17-10-6-15(7-11-17)24(30)27-21(14-4-8-16(9-5-14)28(31)32)19-13-20(25)18-3-2-12-26-22(18)23(19)29/h2-13,21,29H,1H3,(H,27,30)/t21-/m1/s1. The summed E-state index contributed by atoms with van der Waals surface area (Å²) in [6, 6.07) is 16.4. The fraction of sp³-hybridized carbons (Fsp3) is 0.0833. The van der Waals surface area contributed by atoms with Crippen molar-refractivity contribution in [2.24, 2.45) is 0 Å². The average molecular weight is 464 g/mol. The maximum Gasteiger partial charge on any atom is 0.269 e. The number of hydrogen-bond donors (Lipinski definition) is 2. The Bertz CT molecular complexity index is 1340. The zero-order chi connectivity index (χ0) is 23.5. The molecule has 2 N–H and O–H groups in total. The number of methoxy groups -OCH3 is 1. The second-order valence-corrected chi connectivity index (χ2v) is 7.59. The minimum atomic E-state index is -0.857. The number of aromatic hydroxyl groups is 1. The molecule has 0 aliphatic carbocycles. The lowest BCUT2D eigenvalue weighted by molar-refractivity contribution is -0.384. The molecule has 33 heavy (non-hydrogen) atoms. The van der Waals surface area contributed by atoms with Crippen LogP contribution >= 0.6 is 11.6 Å². The number of benzene rings is 3. The van der Waals surface area contributed by atoms with Crippen molar-refractivity contribution < 1.29 is 19.6 Å². The van der Waals surface area contributed by atoms with Gasteiger partial charge in [0.05, 0.1) is 23.1 Å². The van der Waals surface area contributed by atoms with Crippen LogP contribution < -0.4 is 10.1 Å². The Labute approximate surface area is 193 Å². The number of fused-ring (bicyclic) bond motifs is 1. The summed E-state index contributed by atoms with van der Waals surface area (Å²) in [5.41, 5.74) is 1.38. The Morgan fingerprint density at radius 1 is 1.15 bits per heavy atom. The van der Waals surface area contributed by atoms with Crippen LogP contribution in [0.2, 0.25) is 5.02 Å². The summed E-state index contributed by atoms with van der Waals surface area (Å²) in [5.74, 6) is 0.0366. The van der Waals surface area contributed by atoms with Crippen LogP contribution in [-0.4, -0.2) is 28.0 Å². The number of phenolic OH excluding ortho intramolecular Hbond substituents is 1. The van der Waals surface area contributed by atoms with Crippen LogP contribution in [0.15, 0.2) is 72.9 Å². The van der Waals surface area contributed by atoms with E-state index in [4.69, 9.17) is 16.3 Å². The SMILES string of the molecule is COc1ccc(C(=O)N[C@H](c2ccc([N+](=O)[O-])cc2)c2cc(Cl)c3cccnc3c2O)cc1. The first kappa shape index (κ1) is 22.0. The Morgan fingerprint density at radius 3 is 2.48 bits per heavy atom. The van der Waals surface area contributed by atoms with Gasteiger partial charge in [0.15, 0.2) is 0 Å². The number of carbonyl (C=O) groups is 1. The summed E-state index contributed by atoms with van der Waals surface area (Å²) in [7, 11) is 1.53. The van der Waals surface area contributed by atoms with Gasteiger partial charge in [-0.1, -0.05) is 11.6 Å². The zero-order valence-corrected chi connectivity index (χ0v) is 18.1. The zero-order valence-electron chi connectivity index (χ0n) is 17.4. The predicted molar refractivity (Wildman–Crippen MR) is 124 cm³/mol. The van der Waals surface area contributed by atoms with E-state index < -0.39 is 16.9 Å². The van der Waals surface area contributed by atoms with E-state index in [9.17, 15) is 20.0 Å². The van der Waals surface area contributed by atoms with E-state index in [1.807, 2.05) is 0 Å². The Morgan fingerprint density at radius 2 is 1.85 bits per heavy atom. The minimum Gasteiger partial charge on any atom is -0.505 e. The number of carbonyl (C=O) groups excluding carboxylic acids is 1. The molecular formula is C24H18ClN3O5. The maximum absolute atomic E-state index is 13.0. The van der Waals surface area contributed by atoms with Crippen molar-refractivity contribution in [2.45, 2.75) is 6.04 Å². The van der Waals surface area contributed by atoms with E-state index in [2.05, 4.69) is 10.3 Å². The van der Waals surface area contributed by atoms with Crippen molar-refractivity contribution in [2.75, 3.05) is 7.11 Å². The smallest absolute Gasteiger partial charge is 0.269 e. The molecule has 1 heterocycles. The highest BCUT2D eigenvalue weighted by atomic mass is 35.5. The third-order valence-electron chi connectivity index (χ3n) is 5.22.